The van der Waals surface area contributed by atoms with Crippen LogP contribution in [0.2, 0.25) is 10.0 Å². The van der Waals surface area contributed by atoms with E-state index in [9.17, 15) is 0 Å². The standard InChI is InChI=1S/C11H10Cl2N4/c12-8-4-2-1-3-7(8)5-15-10-9(13)6-16-11(14)17-10/h1-4,6H,5H2,(H3,14,15,16,17). The van der Waals surface area contributed by atoms with Crippen molar-refractivity contribution in [3.8, 4) is 0 Å². The van der Waals surface area contributed by atoms with E-state index >= 15 is 0 Å². The lowest BCUT2D eigenvalue weighted by Crippen LogP contribution is -2.05. The molecule has 1 aromatic carbocycles. The summed E-state index contributed by atoms with van der Waals surface area (Å²) in [6.07, 6.45) is 1.46. The number of nitrogens with two attached hydrogens (primary N) is 1. The zero-order chi connectivity index (χ0) is 12.3. The zero-order valence-electron chi connectivity index (χ0n) is 8.82. The number of hydrogen-bond donors (Lipinski definition) is 2. The van der Waals surface area contributed by atoms with Gasteiger partial charge in [0.15, 0.2) is 5.82 Å². The van der Waals surface area contributed by atoms with Gasteiger partial charge in [-0.1, -0.05) is 41.4 Å². The van der Waals surface area contributed by atoms with Gasteiger partial charge in [0.05, 0.1) is 6.20 Å². The molecule has 17 heavy (non-hydrogen) atoms. The van der Waals surface area contributed by atoms with Crippen molar-refractivity contribution in [3.63, 3.8) is 0 Å². The van der Waals surface area contributed by atoms with Crippen LogP contribution < -0.4 is 11.1 Å². The fourth-order valence-corrected chi connectivity index (χ4v) is 1.69. The highest BCUT2D eigenvalue weighted by Gasteiger charge is 2.04. The monoisotopic (exact) mass is 268 g/mol. The fourth-order valence-electron chi connectivity index (χ4n) is 1.33. The van der Waals surface area contributed by atoms with Gasteiger partial charge in [0, 0.05) is 11.6 Å². The van der Waals surface area contributed by atoms with Crippen LogP contribution in [0.15, 0.2) is 30.5 Å². The second kappa shape index (κ2) is 5.21. The minimum absolute atomic E-state index is 0.177. The lowest BCUT2D eigenvalue weighted by Gasteiger charge is -2.08. The number of nitrogen functional groups attached to an aromatic ring is 1. The summed E-state index contributed by atoms with van der Waals surface area (Å²) >= 11 is 12.0. The molecule has 1 aromatic heterocycles. The molecule has 88 valence electrons. The zero-order valence-corrected chi connectivity index (χ0v) is 10.3. The molecule has 0 fully saturated rings. The third-order valence-corrected chi connectivity index (χ3v) is 2.81. The van der Waals surface area contributed by atoms with Crippen molar-refractivity contribution in [1.29, 1.82) is 0 Å². The third-order valence-electron chi connectivity index (χ3n) is 2.17. The van der Waals surface area contributed by atoms with Crippen molar-refractivity contribution in [2.75, 3.05) is 11.1 Å². The molecular weight excluding hydrogens is 259 g/mol. The second-order valence-electron chi connectivity index (χ2n) is 3.37. The Morgan fingerprint density at radius 3 is 2.71 bits per heavy atom. The van der Waals surface area contributed by atoms with E-state index in [-0.39, 0.29) is 5.95 Å². The summed E-state index contributed by atoms with van der Waals surface area (Å²) in [5.41, 5.74) is 6.44. The Balaban J connectivity index is 2.12. The molecule has 1 heterocycles. The lowest BCUT2D eigenvalue weighted by molar-refractivity contribution is 1.09. The molecule has 0 saturated carbocycles. The number of benzene rings is 1. The summed E-state index contributed by atoms with van der Waals surface area (Å²) in [5, 5.41) is 4.18. The normalized spacial score (nSPS) is 10.2. The Labute approximate surface area is 109 Å². The molecule has 3 N–H and O–H groups in total. The maximum atomic E-state index is 6.03. The highest BCUT2D eigenvalue weighted by atomic mass is 35.5. The van der Waals surface area contributed by atoms with Gasteiger partial charge in [0.1, 0.15) is 5.02 Å². The van der Waals surface area contributed by atoms with Crippen LogP contribution in [-0.4, -0.2) is 9.97 Å². The van der Waals surface area contributed by atoms with E-state index < -0.39 is 0 Å². The van der Waals surface area contributed by atoms with E-state index in [1.807, 2.05) is 24.3 Å². The van der Waals surface area contributed by atoms with Crippen LogP contribution in [0.4, 0.5) is 11.8 Å². The van der Waals surface area contributed by atoms with Crippen molar-refractivity contribution in [3.05, 3.63) is 46.1 Å². The average molecular weight is 269 g/mol. The quantitative estimate of drug-likeness (QED) is 0.899. The van der Waals surface area contributed by atoms with Gasteiger partial charge >= 0.3 is 0 Å². The first-order valence-corrected chi connectivity index (χ1v) is 5.67. The summed E-state index contributed by atoms with van der Waals surface area (Å²) < 4.78 is 0. The Morgan fingerprint density at radius 2 is 1.94 bits per heavy atom. The largest absolute Gasteiger partial charge is 0.368 e. The molecule has 0 aliphatic carbocycles. The molecular formula is C11H10Cl2N4. The molecule has 4 nitrogen and oxygen atoms in total. The van der Waals surface area contributed by atoms with Crippen LogP contribution in [-0.2, 0) is 6.54 Å². The molecule has 0 amide bonds. The van der Waals surface area contributed by atoms with Gasteiger partial charge < -0.3 is 11.1 Å². The van der Waals surface area contributed by atoms with Gasteiger partial charge in [0.2, 0.25) is 5.95 Å². The first-order valence-electron chi connectivity index (χ1n) is 4.92. The summed E-state index contributed by atoms with van der Waals surface area (Å²) in [4.78, 5) is 7.78. The van der Waals surface area contributed by atoms with Gasteiger partial charge in [-0.15, -0.1) is 0 Å². The highest BCUT2D eigenvalue weighted by molar-refractivity contribution is 6.32. The van der Waals surface area contributed by atoms with E-state index in [4.69, 9.17) is 28.9 Å². The minimum atomic E-state index is 0.177. The molecule has 0 aliphatic heterocycles. The number of rotatable bonds is 3. The Morgan fingerprint density at radius 1 is 1.18 bits per heavy atom. The molecule has 0 radical (unpaired) electrons. The van der Waals surface area contributed by atoms with Gasteiger partial charge in [-0.05, 0) is 11.6 Å². The molecule has 0 aliphatic rings. The van der Waals surface area contributed by atoms with Crippen molar-refractivity contribution >= 4 is 35.0 Å². The van der Waals surface area contributed by atoms with E-state index in [1.165, 1.54) is 6.20 Å². The van der Waals surface area contributed by atoms with Crippen LogP contribution >= 0.6 is 23.2 Å². The molecule has 0 saturated heterocycles. The summed E-state index contributed by atoms with van der Waals surface area (Å²) in [7, 11) is 0. The van der Waals surface area contributed by atoms with Crippen LogP contribution in [0.25, 0.3) is 0 Å². The Bertz CT molecular complexity index is 531. The van der Waals surface area contributed by atoms with E-state index in [0.717, 1.165) is 5.56 Å². The van der Waals surface area contributed by atoms with Crippen molar-refractivity contribution in [2.45, 2.75) is 6.54 Å². The predicted molar refractivity (Wildman–Crippen MR) is 70.2 cm³/mol. The van der Waals surface area contributed by atoms with Crippen molar-refractivity contribution in [1.82, 2.24) is 9.97 Å². The maximum absolute atomic E-state index is 6.03. The van der Waals surface area contributed by atoms with Crippen molar-refractivity contribution in [2.24, 2.45) is 0 Å². The molecule has 2 rings (SSSR count). The molecule has 0 unspecified atom stereocenters. The number of hydrogen-bond acceptors (Lipinski definition) is 4. The SMILES string of the molecule is Nc1ncc(Cl)c(NCc2ccccc2Cl)n1. The first-order chi connectivity index (χ1) is 8.16. The van der Waals surface area contributed by atoms with Gasteiger partial charge in [-0.25, -0.2) is 4.98 Å². The number of nitrogens with zero attached hydrogens (tertiary/aromatic N) is 2. The fraction of sp³-hybridized carbons (Fsp3) is 0.0909. The summed E-state index contributed by atoms with van der Waals surface area (Å²) in [5.74, 6) is 0.676. The number of aromatic nitrogens is 2. The third kappa shape index (κ3) is 2.99. The molecule has 0 atom stereocenters. The first kappa shape index (κ1) is 12.0. The molecule has 2 aromatic rings. The van der Waals surface area contributed by atoms with Gasteiger partial charge in [-0.3, -0.25) is 0 Å². The van der Waals surface area contributed by atoms with E-state index in [1.54, 1.807) is 0 Å². The molecule has 0 bridgehead atoms. The number of anilines is 2. The summed E-state index contributed by atoms with van der Waals surface area (Å²) in [6, 6.07) is 7.54. The molecule has 6 heteroatoms. The number of halogens is 2. The van der Waals surface area contributed by atoms with Gasteiger partial charge in [0.25, 0.3) is 0 Å². The van der Waals surface area contributed by atoms with Crippen LogP contribution in [0.3, 0.4) is 0 Å². The maximum Gasteiger partial charge on any atom is 0.222 e. The van der Waals surface area contributed by atoms with E-state index in [2.05, 4.69) is 15.3 Å². The highest BCUT2D eigenvalue weighted by Crippen LogP contribution is 2.21. The van der Waals surface area contributed by atoms with Crippen molar-refractivity contribution < 1.29 is 0 Å². The Kier molecular flexibility index (Phi) is 3.66. The minimum Gasteiger partial charge on any atom is -0.368 e. The lowest BCUT2D eigenvalue weighted by atomic mass is 10.2. The van der Waals surface area contributed by atoms with Gasteiger partial charge in [-0.2, -0.15) is 4.98 Å². The van der Waals surface area contributed by atoms with Crippen LogP contribution in [0, 0.1) is 0 Å². The van der Waals surface area contributed by atoms with Crippen LogP contribution in [0.5, 0.6) is 0 Å². The second-order valence-corrected chi connectivity index (χ2v) is 4.18. The van der Waals surface area contributed by atoms with Crippen LogP contribution in [0.1, 0.15) is 5.56 Å². The number of nitrogens with one attached hydrogen (secondary N) is 1. The smallest absolute Gasteiger partial charge is 0.222 e. The Hall–Kier alpha value is -1.52. The summed E-state index contributed by atoms with van der Waals surface area (Å²) in [6.45, 7) is 0.524. The van der Waals surface area contributed by atoms with E-state index in [0.29, 0.717) is 22.4 Å². The topological polar surface area (TPSA) is 63.8 Å². The predicted octanol–water partition coefficient (Wildman–Crippen LogP) is 2.98. The molecule has 0 spiro atoms. The average Bonchev–Trinajstić information content (AvgIpc) is 2.32.